The Morgan fingerprint density at radius 2 is 1.83 bits per heavy atom. The van der Waals surface area contributed by atoms with Gasteiger partial charge >= 0.3 is 0 Å². The average Bonchev–Trinajstić information content (AvgIpc) is 3.23. The number of benzene rings is 1. The Morgan fingerprint density at radius 3 is 2.50 bits per heavy atom. The molecule has 5 rings (SSSR count). The fraction of sp³-hybridized carbons (Fsp3) is 0.393. The van der Waals surface area contributed by atoms with Gasteiger partial charge in [0.25, 0.3) is 0 Å². The maximum Gasteiger partial charge on any atom is 0.202 e. The molecule has 3 aliphatic carbocycles. The summed E-state index contributed by atoms with van der Waals surface area (Å²) < 4.78 is 6.04. The van der Waals surface area contributed by atoms with Crippen LogP contribution < -0.4 is 0 Å². The van der Waals surface area contributed by atoms with Crippen LogP contribution in [0.3, 0.4) is 0 Å². The third kappa shape index (κ3) is 3.35. The largest absolute Gasteiger partial charge is 0.508 e. The lowest BCUT2D eigenvalue weighted by molar-refractivity contribution is -0.147. The van der Waals surface area contributed by atoms with E-state index < -0.39 is 51.9 Å². The number of phenols is 1. The standard InChI is InChI=1S/C28H28O8/c1-12(2)8-16-4-7-21(36-16)17-5-6-19(30)24-18(17)10-14-9-15-11-20(31)22(13(3)29)26(33)28(15,35)27(34)23(14)25(24)32/h4-7,12,14-15,30,32-33,35H,8-11H2,1-3H3/t14-,15+,28-/m1/s1. The molecule has 8 heteroatoms. The van der Waals surface area contributed by atoms with Gasteiger partial charge in [0.15, 0.2) is 17.2 Å². The zero-order chi connectivity index (χ0) is 26.1. The predicted octanol–water partition coefficient (Wildman–Crippen LogP) is 3.99. The minimum Gasteiger partial charge on any atom is -0.508 e. The Morgan fingerprint density at radius 1 is 1.11 bits per heavy atom. The number of aromatic hydroxyl groups is 1. The smallest absolute Gasteiger partial charge is 0.202 e. The Kier molecular flexibility index (Phi) is 5.48. The van der Waals surface area contributed by atoms with Crippen molar-refractivity contribution in [3.8, 4) is 17.1 Å². The number of aliphatic hydroxyl groups excluding tert-OH is 2. The van der Waals surface area contributed by atoms with E-state index >= 15 is 0 Å². The first-order valence-corrected chi connectivity index (χ1v) is 12.1. The number of phenolic OH excluding ortho intramolecular Hbond substituents is 1. The molecule has 0 saturated heterocycles. The predicted molar refractivity (Wildman–Crippen MR) is 129 cm³/mol. The zero-order valence-corrected chi connectivity index (χ0v) is 20.3. The van der Waals surface area contributed by atoms with E-state index in [9.17, 15) is 34.8 Å². The number of aliphatic hydroxyl groups is 3. The van der Waals surface area contributed by atoms with Crippen molar-refractivity contribution in [1.82, 2.24) is 0 Å². The summed E-state index contributed by atoms with van der Waals surface area (Å²) in [6.45, 7) is 5.24. The van der Waals surface area contributed by atoms with Gasteiger partial charge in [0.05, 0.1) is 5.56 Å². The van der Waals surface area contributed by atoms with Gasteiger partial charge in [-0.15, -0.1) is 0 Å². The Bertz CT molecular complexity index is 1390. The number of rotatable bonds is 4. The minimum atomic E-state index is -2.49. The molecular weight excluding hydrogens is 464 g/mol. The molecule has 3 atom stereocenters. The van der Waals surface area contributed by atoms with E-state index in [0.29, 0.717) is 22.8 Å². The van der Waals surface area contributed by atoms with Gasteiger partial charge in [-0.25, -0.2) is 0 Å². The first-order valence-electron chi connectivity index (χ1n) is 12.1. The molecule has 0 bridgehead atoms. The molecular formula is C28H28O8. The highest BCUT2D eigenvalue weighted by Crippen LogP contribution is 2.53. The lowest BCUT2D eigenvalue weighted by Gasteiger charge is -2.46. The maximum absolute atomic E-state index is 13.6. The maximum atomic E-state index is 13.6. The van der Waals surface area contributed by atoms with Crippen LogP contribution in [0.2, 0.25) is 0 Å². The number of ketones is 3. The second kappa shape index (κ2) is 8.20. The van der Waals surface area contributed by atoms with Crippen molar-refractivity contribution >= 4 is 23.1 Å². The lowest BCUT2D eigenvalue weighted by Crippen LogP contribution is -2.57. The van der Waals surface area contributed by atoms with E-state index in [0.717, 1.165) is 19.1 Å². The Balaban J connectivity index is 1.65. The van der Waals surface area contributed by atoms with Crippen LogP contribution >= 0.6 is 0 Å². The topological polar surface area (TPSA) is 145 Å². The van der Waals surface area contributed by atoms with Gasteiger partial charge in [0, 0.05) is 29.9 Å². The third-order valence-corrected chi connectivity index (χ3v) is 7.59. The van der Waals surface area contributed by atoms with Gasteiger partial charge in [0.1, 0.15) is 34.4 Å². The number of Topliss-reactive ketones (excluding diaryl/α,β-unsaturated/α-hetero) is 3. The van der Waals surface area contributed by atoms with Gasteiger partial charge < -0.3 is 24.8 Å². The Labute approximate surface area is 207 Å². The molecule has 2 aromatic rings. The molecule has 3 aliphatic rings. The van der Waals surface area contributed by atoms with E-state index in [-0.39, 0.29) is 36.1 Å². The first kappa shape index (κ1) is 24.1. The molecule has 0 amide bonds. The summed E-state index contributed by atoms with van der Waals surface area (Å²) in [5, 5.41) is 44.0. The van der Waals surface area contributed by atoms with Crippen molar-refractivity contribution in [3.05, 3.63) is 58.1 Å². The quantitative estimate of drug-likeness (QED) is 0.469. The van der Waals surface area contributed by atoms with Crippen LogP contribution in [0, 0.1) is 17.8 Å². The lowest BCUT2D eigenvalue weighted by atomic mass is 9.59. The van der Waals surface area contributed by atoms with Crippen LogP contribution in [0.1, 0.15) is 50.5 Å². The average molecular weight is 493 g/mol. The van der Waals surface area contributed by atoms with E-state index in [1.54, 1.807) is 6.07 Å². The van der Waals surface area contributed by atoms with Gasteiger partial charge in [-0.1, -0.05) is 13.8 Å². The summed E-state index contributed by atoms with van der Waals surface area (Å²) in [7, 11) is 0. The summed E-state index contributed by atoms with van der Waals surface area (Å²) in [6.07, 6.45) is 0.839. The van der Waals surface area contributed by atoms with E-state index in [4.69, 9.17) is 4.42 Å². The molecule has 8 nitrogen and oxygen atoms in total. The van der Waals surface area contributed by atoms with Crippen LogP contribution in [0.15, 0.2) is 45.6 Å². The second-order valence-electron chi connectivity index (χ2n) is 10.4. The van der Waals surface area contributed by atoms with Gasteiger partial charge in [0.2, 0.25) is 5.78 Å². The molecule has 0 unspecified atom stereocenters. The highest BCUT2D eigenvalue weighted by atomic mass is 16.4. The van der Waals surface area contributed by atoms with Crippen LogP contribution in [0.4, 0.5) is 0 Å². The second-order valence-corrected chi connectivity index (χ2v) is 10.4. The van der Waals surface area contributed by atoms with Gasteiger partial charge in [-0.2, -0.15) is 0 Å². The number of carbonyl (C=O) groups is 3. The normalized spacial score (nSPS) is 25.7. The summed E-state index contributed by atoms with van der Waals surface area (Å²) in [5.74, 6) is -3.77. The van der Waals surface area contributed by atoms with Crippen molar-refractivity contribution in [1.29, 1.82) is 0 Å². The summed E-state index contributed by atoms with van der Waals surface area (Å²) in [6, 6.07) is 6.82. The fourth-order valence-corrected chi connectivity index (χ4v) is 6.00. The van der Waals surface area contributed by atoms with Gasteiger partial charge in [-0.3, -0.25) is 14.4 Å². The minimum absolute atomic E-state index is 0.0677. The van der Waals surface area contributed by atoms with Crippen molar-refractivity contribution in [2.24, 2.45) is 17.8 Å². The molecule has 0 radical (unpaired) electrons. The molecule has 188 valence electrons. The highest BCUT2D eigenvalue weighted by Gasteiger charge is 2.60. The number of allylic oxidation sites excluding steroid dienone is 1. The van der Waals surface area contributed by atoms with E-state index in [1.807, 2.05) is 12.1 Å². The number of furan rings is 1. The molecule has 1 heterocycles. The van der Waals surface area contributed by atoms with Crippen LogP contribution in [-0.2, 0) is 27.2 Å². The van der Waals surface area contributed by atoms with Crippen LogP contribution in [-0.4, -0.2) is 43.4 Å². The number of hydrogen-bond acceptors (Lipinski definition) is 8. The molecule has 1 aromatic heterocycles. The van der Waals surface area contributed by atoms with Crippen molar-refractivity contribution in [3.63, 3.8) is 0 Å². The van der Waals surface area contributed by atoms with E-state index in [1.165, 1.54) is 6.07 Å². The summed E-state index contributed by atoms with van der Waals surface area (Å²) in [4.78, 5) is 38.1. The highest BCUT2D eigenvalue weighted by molar-refractivity contribution is 6.23. The molecule has 1 saturated carbocycles. The van der Waals surface area contributed by atoms with Gasteiger partial charge in [-0.05, 0) is 61.4 Å². The molecule has 0 aliphatic heterocycles. The van der Waals surface area contributed by atoms with E-state index in [2.05, 4.69) is 13.8 Å². The van der Waals surface area contributed by atoms with Crippen LogP contribution in [0.25, 0.3) is 17.1 Å². The fourth-order valence-electron chi connectivity index (χ4n) is 6.00. The summed E-state index contributed by atoms with van der Waals surface area (Å²) in [5.41, 5.74) is -1.88. The van der Waals surface area contributed by atoms with Crippen LogP contribution in [0.5, 0.6) is 5.75 Å². The first-order chi connectivity index (χ1) is 16.9. The number of hydrogen-bond donors (Lipinski definition) is 4. The molecule has 4 N–H and O–H groups in total. The SMILES string of the molecule is CC(=O)C1=C(O)[C@@]2(O)C(=O)C3=C(O)c4c(O)ccc(-c5ccc(CC(C)C)o5)c4C[C@H]3C[C@H]2CC1=O. The third-order valence-electron chi connectivity index (χ3n) is 7.59. The number of carbonyl (C=O) groups excluding carboxylic acids is 3. The monoisotopic (exact) mass is 492 g/mol. The number of fused-ring (bicyclic) bond motifs is 3. The summed E-state index contributed by atoms with van der Waals surface area (Å²) >= 11 is 0. The molecule has 1 fully saturated rings. The molecule has 0 spiro atoms. The van der Waals surface area contributed by atoms with Crippen molar-refractivity contribution < 1.29 is 39.2 Å². The van der Waals surface area contributed by atoms with Crippen molar-refractivity contribution in [2.75, 3.05) is 0 Å². The van der Waals surface area contributed by atoms with Crippen molar-refractivity contribution in [2.45, 2.75) is 52.1 Å². The Hall–Kier alpha value is -3.65. The molecule has 36 heavy (non-hydrogen) atoms. The zero-order valence-electron chi connectivity index (χ0n) is 20.3. The molecule has 1 aromatic carbocycles.